The summed E-state index contributed by atoms with van der Waals surface area (Å²) >= 11 is 0. The summed E-state index contributed by atoms with van der Waals surface area (Å²) in [6, 6.07) is 57.0. The van der Waals surface area contributed by atoms with Crippen LogP contribution in [0.4, 0.5) is 34.1 Å². The summed E-state index contributed by atoms with van der Waals surface area (Å²) in [5, 5.41) is 2.92. The highest BCUT2D eigenvalue weighted by Gasteiger charge is 2.50. The molecule has 3 aliphatic rings. The topological polar surface area (TPSA) is 39.9 Å². The first-order chi connectivity index (χ1) is 27.9. The number of fused-ring (bicyclic) bond motifs is 7. The third-order valence-corrected chi connectivity index (χ3v) is 15.0. The molecule has 0 fully saturated rings. The molecule has 0 radical (unpaired) electrons. The van der Waals surface area contributed by atoms with Crippen LogP contribution in [0.25, 0.3) is 33.1 Å². The van der Waals surface area contributed by atoms with Crippen molar-refractivity contribution in [3.05, 3.63) is 199 Å². The standard InChI is InChI=1S/C51H40N3O2P/c1-51(2)42-27-14-12-25-41(42)49-43(51)28-17-29-45(49)52(46-30-16-26-40-39-24-13-15-31-48(39)56-50(40)46)37-32-33-44-47(34-37)54(36-20-8-4-9-21-36)57(55,38-22-10-5-11-23-38)53(44)35-18-6-3-7-19-35/h3-6,8-18,20-34H,7,19H2,1-2H3. The molecule has 0 bridgehead atoms. The molecule has 57 heavy (non-hydrogen) atoms. The van der Waals surface area contributed by atoms with Crippen LogP contribution < -0.4 is 19.5 Å². The van der Waals surface area contributed by atoms with Gasteiger partial charge in [0.05, 0.1) is 28.1 Å². The number of hydrogen-bond donors (Lipinski definition) is 0. The second-order valence-corrected chi connectivity index (χ2v) is 18.0. The fraction of sp³-hybridized carbons (Fsp3) is 0.0980. The molecule has 276 valence electrons. The number of para-hydroxylation sites is 3. The summed E-state index contributed by atoms with van der Waals surface area (Å²) < 4.78 is 27.5. The van der Waals surface area contributed by atoms with Crippen LogP contribution in [0.1, 0.15) is 37.8 Å². The van der Waals surface area contributed by atoms with E-state index in [9.17, 15) is 0 Å². The van der Waals surface area contributed by atoms with Crippen molar-refractivity contribution in [1.29, 1.82) is 0 Å². The molecule has 0 spiro atoms. The van der Waals surface area contributed by atoms with Gasteiger partial charge < -0.3 is 9.32 Å². The summed E-state index contributed by atoms with van der Waals surface area (Å²) in [5.74, 6) is 0. The minimum Gasteiger partial charge on any atom is -0.454 e. The van der Waals surface area contributed by atoms with Crippen LogP contribution in [0, 0.1) is 0 Å². The lowest BCUT2D eigenvalue weighted by atomic mass is 9.82. The zero-order chi connectivity index (χ0) is 38.3. The van der Waals surface area contributed by atoms with E-state index in [4.69, 9.17) is 4.42 Å². The Hall–Kier alpha value is -6.55. The van der Waals surface area contributed by atoms with Crippen LogP contribution in [0.2, 0.25) is 0 Å². The monoisotopic (exact) mass is 757 g/mol. The molecule has 1 aliphatic heterocycles. The molecule has 1 aromatic heterocycles. The van der Waals surface area contributed by atoms with Crippen LogP contribution in [-0.4, -0.2) is 0 Å². The van der Waals surface area contributed by atoms with Crippen LogP contribution in [0.15, 0.2) is 192 Å². The molecule has 7 aromatic carbocycles. The second kappa shape index (κ2) is 12.7. The molecule has 8 aromatic rings. The van der Waals surface area contributed by atoms with Crippen LogP contribution >= 0.6 is 7.44 Å². The summed E-state index contributed by atoms with van der Waals surface area (Å²) in [7, 11) is -3.51. The van der Waals surface area contributed by atoms with Gasteiger partial charge in [0.1, 0.15) is 5.58 Å². The van der Waals surface area contributed by atoms with Gasteiger partial charge in [-0.3, -0.25) is 13.9 Å². The summed E-state index contributed by atoms with van der Waals surface area (Å²) in [5.41, 5.74) is 13.2. The molecular formula is C51H40N3O2P. The lowest BCUT2D eigenvalue weighted by Gasteiger charge is -2.34. The lowest BCUT2D eigenvalue weighted by Crippen LogP contribution is -2.29. The molecule has 5 nitrogen and oxygen atoms in total. The molecule has 0 saturated carbocycles. The van der Waals surface area contributed by atoms with Crippen molar-refractivity contribution in [3.8, 4) is 11.1 Å². The minimum absolute atomic E-state index is 0.188. The van der Waals surface area contributed by atoms with Gasteiger partial charge in [0.15, 0.2) is 5.58 Å². The second-order valence-electron chi connectivity index (χ2n) is 15.6. The van der Waals surface area contributed by atoms with Crippen molar-refractivity contribution in [1.82, 2.24) is 0 Å². The first-order valence-corrected chi connectivity index (χ1v) is 21.3. The predicted molar refractivity (Wildman–Crippen MR) is 237 cm³/mol. The quantitative estimate of drug-likeness (QED) is 0.158. The van der Waals surface area contributed by atoms with Crippen molar-refractivity contribution in [2.75, 3.05) is 14.2 Å². The number of hydrogen-bond acceptors (Lipinski definition) is 3. The van der Waals surface area contributed by atoms with Gasteiger partial charge in [-0.25, -0.2) is 0 Å². The molecule has 2 aliphatic carbocycles. The highest BCUT2D eigenvalue weighted by Crippen LogP contribution is 2.70. The number of anilines is 6. The number of furan rings is 1. The van der Waals surface area contributed by atoms with E-state index < -0.39 is 7.44 Å². The molecule has 1 atom stereocenters. The molecule has 0 saturated heterocycles. The smallest absolute Gasteiger partial charge is 0.301 e. The summed E-state index contributed by atoms with van der Waals surface area (Å²) in [6.07, 6.45) is 8.09. The third kappa shape index (κ3) is 4.92. The molecule has 6 heteroatoms. The average Bonchev–Trinajstić information content (AvgIpc) is 3.86. The predicted octanol–water partition coefficient (Wildman–Crippen LogP) is 14.1. The van der Waals surface area contributed by atoms with E-state index in [0.29, 0.717) is 0 Å². The van der Waals surface area contributed by atoms with Gasteiger partial charge in [-0.05, 0) is 96.3 Å². The Morgan fingerprint density at radius 2 is 1.35 bits per heavy atom. The van der Waals surface area contributed by atoms with E-state index in [2.05, 4.69) is 149 Å². The Morgan fingerprint density at radius 3 is 2.18 bits per heavy atom. The van der Waals surface area contributed by atoms with Gasteiger partial charge >= 0.3 is 7.44 Å². The van der Waals surface area contributed by atoms with Gasteiger partial charge in [0.2, 0.25) is 0 Å². The van der Waals surface area contributed by atoms with Gasteiger partial charge in [-0.1, -0.05) is 129 Å². The highest BCUT2D eigenvalue weighted by molar-refractivity contribution is 7.75. The third-order valence-electron chi connectivity index (χ3n) is 12.0. The largest absolute Gasteiger partial charge is 0.454 e. The maximum absolute atomic E-state index is 16.4. The first-order valence-electron chi connectivity index (χ1n) is 19.7. The lowest BCUT2D eigenvalue weighted by molar-refractivity contribution is 0.581. The van der Waals surface area contributed by atoms with Crippen molar-refractivity contribution in [2.24, 2.45) is 0 Å². The van der Waals surface area contributed by atoms with E-state index >= 15 is 4.57 Å². The van der Waals surface area contributed by atoms with Crippen LogP contribution in [0.5, 0.6) is 0 Å². The molecule has 0 amide bonds. The van der Waals surface area contributed by atoms with Gasteiger partial charge in [-0.2, -0.15) is 0 Å². The average molecular weight is 758 g/mol. The maximum Gasteiger partial charge on any atom is 0.301 e. The molecule has 11 rings (SSSR count). The summed E-state index contributed by atoms with van der Waals surface area (Å²) in [4.78, 5) is 2.36. The summed E-state index contributed by atoms with van der Waals surface area (Å²) in [6.45, 7) is 4.65. The van der Waals surface area contributed by atoms with Gasteiger partial charge in [-0.15, -0.1) is 0 Å². The van der Waals surface area contributed by atoms with Crippen LogP contribution in [0.3, 0.4) is 0 Å². The zero-order valence-corrected chi connectivity index (χ0v) is 32.7. The van der Waals surface area contributed by atoms with E-state index in [-0.39, 0.29) is 5.41 Å². The Kier molecular flexibility index (Phi) is 7.55. The number of allylic oxidation sites excluding steroid dienone is 4. The van der Waals surface area contributed by atoms with Gasteiger partial charge in [0.25, 0.3) is 0 Å². The Balaban J connectivity index is 1.22. The molecule has 2 heterocycles. The van der Waals surface area contributed by atoms with E-state index in [1.807, 2.05) is 60.7 Å². The molecule has 0 N–H and O–H groups in total. The number of nitrogens with zero attached hydrogens (tertiary/aromatic N) is 3. The normalized spacial score (nSPS) is 17.8. The Morgan fingerprint density at radius 1 is 0.649 bits per heavy atom. The molecule has 1 unspecified atom stereocenters. The maximum atomic E-state index is 16.4. The number of rotatable bonds is 6. The fourth-order valence-electron chi connectivity index (χ4n) is 9.43. The van der Waals surface area contributed by atoms with Crippen molar-refractivity contribution < 1.29 is 8.98 Å². The highest BCUT2D eigenvalue weighted by atomic mass is 31.2. The molecular weight excluding hydrogens is 718 g/mol. The van der Waals surface area contributed by atoms with Gasteiger partial charge in [0, 0.05) is 38.8 Å². The van der Waals surface area contributed by atoms with E-state index in [1.165, 1.54) is 22.3 Å². The van der Waals surface area contributed by atoms with Crippen LogP contribution in [-0.2, 0) is 9.98 Å². The SMILES string of the molecule is CC1(C)c2ccccc2-c2c(N(c3ccc4c(c3)N(c3ccccc3)P(=O)(c3ccccc3)N4C3=CC=CCC3)c3cccc4c3oc3ccccc34)cccc21. The van der Waals surface area contributed by atoms with E-state index in [0.717, 1.165) is 79.9 Å². The van der Waals surface area contributed by atoms with Crippen molar-refractivity contribution in [3.63, 3.8) is 0 Å². The Bertz CT molecular complexity index is 3000. The number of benzene rings is 7. The van der Waals surface area contributed by atoms with E-state index in [1.54, 1.807) is 0 Å². The van der Waals surface area contributed by atoms with Crippen molar-refractivity contribution >= 4 is 68.8 Å². The van der Waals surface area contributed by atoms with Crippen molar-refractivity contribution in [2.45, 2.75) is 32.1 Å². The zero-order valence-electron chi connectivity index (χ0n) is 31.8. The Labute approximate surface area is 332 Å². The fourth-order valence-corrected chi connectivity index (χ4v) is 12.5. The minimum atomic E-state index is -3.51. The first kappa shape index (κ1) is 33.8.